The van der Waals surface area contributed by atoms with Crippen molar-refractivity contribution in [2.45, 2.75) is 99.1 Å². The van der Waals surface area contributed by atoms with Gasteiger partial charge in [-0.05, 0) is 127 Å². The van der Waals surface area contributed by atoms with Crippen LogP contribution in [0.3, 0.4) is 0 Å². The summed E-state index contributed by atoms with van der Waals surface area (Å²) in [5, 5.41) is 79.0. The van der Waals surface area contributed by atoms with Crippen molar-refractivity contribution in [3.63, 3.8) is 0 Å². The number of benzene rings is 6. The second kappa shape index (κ2) is 38.9. The van der Waals surface area contributed by atoms with Crippen LogP contribution in [0.5, 0.6) is 28.7 Å². The van der Waals surface area contributed by atoms with Gasteiger partial charge in [0.1, 0.15) is 76.1 Å². The first-order chi connectivity index (χ1) is 40.5. The molecule has 0 fully saturated rings. The summed E-state index contributed by atoms with van der Waals surface area (Å²) in [4.78, 5) is 64.2. The van der Waals surface area contributed by atoms with Gasteiger partial charge in [0.15, 0.2) is 0 Å². The van der Waals surface area contributed by atoms with Crippen LogP contribution < -0.4 is 43.9 Å². The van der Waals surface area contributed by atoms with E-state index in [1.165, 1.54) is 61.5 Å². The Bertz CT molecular complexity index is 3060. The van der Waals surface area contributed by atoms with E-state index >= 15 is 0 Å². The molecule has 6 rings (SSSR count). The largest absolute Gasteiger partial charge is 0.508 e. The number of thioether (sulfide) groups is 1. The number of alkyl halides is 2. The molecule has 6 aromatic carbocycles. The van der Waals surface area contributed by atoms with Crippen molar-refractivity contribution in [1.29, 1.82) is 0 Å². The van der Waals surface area contributed by atoms with Gasteiger partial charge in [0.2, 0.25) is 0 Å². The van der Waals surface area contributed by atoms with E-state index in [2.05, 4.69) is 4.74 Å². The lowest BCUT2D eigenvalue weighted by atomic mass is 9.94. The Balaban J connectivity index is 0.00000103. The molecule has 24 nitrogen and oxygen atoms in total. The number of hydrogen-bond acceptors (Lipinski definition) is 18. The molecule has 0 spiro atoms. The summed E-state index contributed by atoms with van der Waals surface area (Å²) in [7, 11) is 1.58. The number of methoxy groups -OCH3 is 1. The number of hydrogen-bond donors (Lipinski definition) is 15. The molecule has 0 aliphatic rings. The number of rotatable bonds is 22. The maximum atomic E-state index is 13.0. The molecular weight excluding hydrogens is 1190 g/mol. The first-order valence-electron chi connectivity index (χ1n) is 25.6. The second-order valence-electron chi connectivity index (χ2n) is 19.1. The fourth-order valence-corrected chi connectivity index (χ4v) is 7.11. The molecule has 88 heavy (non-hydrogen) atoms. The number of halogens is 4. The average molecular weight is 1260 g/mol. The van der Waals surface area contributed by atoms with Gasteiger partial charge < -0.3 is 95.3 Å². The van der Waals surface area contributed by atoms with Crippen molar-refractivity contribution in [2.24, 2.45) is 34.4 Å². The molecule has 0 aliphatic heterocycles. The molecule has 29 heteroatoms. The number of phenols is 3. The summed E-state index contributed by atoms with van der Waals surface area (Å²) >= 11 is 1.66. The number of carboxylic acid groups (broad SMARTS) is 6. The van der Waals surface area contributed by atoms with Crippen LogP contribution in [0.2, 0.25) is 0 Å². The SMILES string of the molecule is CC(F)(F)Oc1ccc(CC(N)C(=O)O)cc1.CC(N)(Cc1cccc(O)c1)C(=O)O.COc1ccc(CC(N)C(=O)O)cc1.CSc1ccc(CC(N)C(=O)O)cc1.NC(Cc1c(F)cccc1F)C(=O)O.NC(Cc1ccc(O)cc1O)C(=O)O.O. The normalized spacial score (nSPS) is 12.8. The first-order valence-corrected chi connectivity index (χ1v) is 26.8. The minimum absolute atomic E-state index is 0. The monoisotopic (exact) mass is 1260 g/mol. The van der Waals surface area contributed by atoms with Crippen LogP contribution in [-0.2, 0) is 67.3 Å². The van der Waals surface area contributed by atoms with E-state index in [1.54, 1.807) is 43.1 Å². The summed E-state index contributed by atoms with van der Waals surface area (Å²) < 4.78 is 60.3. The molecule has 482 valence electrons. The van der Waals surface area contributed by atoms with E-state index in [4.69, 9.17) is 80.0 Å². The molecule has 0 saturated heterocycles. The topological polar surface area (TPSA) is 491 Å². The Kier molecular flexibility index (Phi) is 34.9. The quantitative estimate of drug-likeness (QED) is 0.0328. The molecule has 6 unspecified atom stereocenters. The Morgan fingerprint density at radius 1 is 0.511 bits per heavy atom. The standard InChI is InChI=1S/C11H13F2NO3.2C10H13NO3.C10H13NO2S.C9H9F2NO2.C9H11NO4.H2O/c1-11(12,13)17-8-4-2-7(3-5-8)6-9(14)10(15)16;1-14-8-4-2-7(3-5-8)6-9(11)10(12)13;1-10(11,9(13)14)6-7-3-2-4-8(12)5-7;1-14-8-4-2-7(3-5-8)6-9(11)10(12)13;10-6-2-1-3-7(11)5(6)4-8(12)9(13)14;10-7(9(13)14)3-5-1-2-6(11)4-8(5)12;/h2-5,9H,6,14H2,1H3,(H,15,16);2-5,9H,6,11H2,1H3,(H,12,13);2-5,12H,6,11H2,1H3,(H,13,14);2-5,9H,6,11H2,1H3,(H,12,13);1-3,8H,4,12H2,(H,13,14);1-2,4,7,11-12H,3,10H2,(H,13,14);1H2. The minimum Gasteiger partial charge on any atom is -0.508 e. The highest BCUT2D eigenvalue weighted by Gasteiger charge is 2.28. The summed E-state index contributed by atoms with van der Waals surface area (Å²) in [6, 6.07) is 29.3. The van der Waals surface area contributed by atoms with Gasteiger partial charge in [-0.25, -0.2) is 8.78 Å². The lowest BCUT2D eigenvalue weighted by Crippen LogP contribution is -2.46. The predicted molar refractivity (Wildman–Crippen MR) is 317 cm³/mol. The number of phenolic OH excluding ortho intramolecular Hbond substituents is 3. The minimum atomic E-state index is -3.24. The van der Waals surface area contributed by atoms with Crippen molar-refractivity contribution < 1.29 is 107 Å². The average Bonchev–Trinajstić information content (AvgIpc) is 3.43. The summed E-state index contributed by atoms with van der Waals surface area (Å²) in [6.07, 6.45) is -0.523. The zero-order valence-electron chi connectivity index (χ0n) is 48.0. The third-order valence-corrected chi connectivity index (χ3v) is 12.2. The van der Waals surface area contributed by atoms with Crippen molar-refractivity contribution in [3.05, 3.63) is 178 Å². The molecule has 0 aliphatic carbocycles. The molecular formula is C59H74F4N6O18S. The third kappa shape index (κ3) is 31.9. The van der Waals surface area contributed by atoms with Gasteiger partial charge in [0, 0.05) is 42.7 Å². The molecule has 23 N–H and O–H groups in total. The maximum absolute atomic E-state index is 13.0. The van der Waals surface area contributed by atoms with Crippen LogP contribution in [0.4, 0.5) is 17.6 Å². The number of ether oxygens (including phenoxy) is 2. The Morgan fingerprint density at radius 2 is 0.886 bits per heavy atom. The van der Waals surface area contributed by atoms with Crippen LogP contribution in [-0.4, -0.2) is 142 Å². The highest BCUT2D eigenvalue weighted by Crippen LogP contribution is 2.25. The molecule has 0 aromatic heterocycles. The van der Waals surface area contributed by atoms with Crippen LogP contribution >= 0.6 is 11.8 Å². The number of carboxylic acids is 6. The van der Waals surface area contributed by atoms with Crippen LogP contribution in [0.15, 0.2) is 138 Å². The Morgan fingerprint density at radius 3 is 1.25 bits per heavy atom. The number of nitrogens with two attached hydrogens (primary N) is 6. The second-order valence-corrected chi connectivity index (χ2v) is 20.0. The fourth-order valence-electron chi connectivity index (χ4n) is 6.70. The number of carbonyl (C=O) groups is 6. The lowest BCUT2D eigenvalue weighted by Gasteiger charge is -2.18. The number of aromatic hydroxyl groups is 3. The van der Waals surface area contributed by atoms with E-state index in [1.807, 2.05) is 42.7 Å². The van der Waals surface area contributed by atoms with E-state index in [0.29, 0.717) is 36.5 Å². The third-order valence-electron chi connectivity index (χ3n) is 11.5. The molecule has 0 radical (unpaired) electrons. The van der Waals surface area contributed by atoms with Crippen molar-refractivity contribution >= 4 is 47.6 Å². The first kappa shape index (κ1) is 78.9. The smallest absolute Gasteiger partial charge is 0.394 e. The summed E-state index contributed by atoms with van der Waals surface area (Å²) in [6.45, 7) is 2.08. The fraction of sp³-hybridized carbons (Fsp3) is 0.288. The van der Waals surface area contributed by atoms with Gasteiger partial charge >= 0.3 is 41.9 Å². The molecule has 0 bridgehead atoms. The van der Waals surface area contributed by atoms with Gasteiger partial charge in [0.05, 0.1) is 7.11 Å². The maximum Gasteiger partial charge on any atom is 0.394 e. The van der Waals surface area contributed by atoms with Crippen molar-refractivity contribution in [2.75, 3.05) is 13.4 Å². The Hall–Kier alpha value is -9.07. The molecule has 0 heterocycles. The zero-order chi connectivity index (χ0) is 66.4. The van der Waals surface area contributed by atoms with Gasteiger partial charge in [-0.2, -0.15) is 8.78 Å². The highest BCUT2D eigenvalue weighted by atomic mass is 32.2. The van der Waals surface area contributed by atoms with E-state index < -0.39 is 89.3 Å². The van der Waals surface area contributed by atoms with Gasteiger partial charge in [-0.1, -0.05) is 60.7 Å². The Labute approximate surface area is 507 Å². The molecule has 0 saturated carbocycles. The van der Waals surface area contributed by atoms with E-state index in [-0.39, 0.29) is 59.7 Å². The molecule has 6 atom stereocenters. The van der Waals surface area contributed by atoms with Gasteiger partial charge in [-0.3, -0.25) is 28.8 Å². The zero-order valence-corrected chi connectivity index (χ0v) is 48.8. The lowest BCUT2D eigenvalue weighted by molar-refractivity contribution is -0.159. The van der Waals surface area contributed by atoms with Crippen molar-refractivity contribution in [3.8, 4) is 28.7 Å². The summed E-state index contributed by atoms with van der Waals surface area (Å²) in [5.74, 6) is -7.41. The van der Waals surface area contributed by atoms with Crippen LogP contribution in [0, 0.1) is 11.6 Å². The number of aliphatic carboxylic acids is 6. The van der Waals surface area contributed by atoms with Crippen LogP contribution in [0.1, 0.15) is 47.2 Å². The van der Waals surface area contributed by atoms with Crippen LogP contribution in [0.25, 0.3) is 0 Å². The predicted octanol–water partition coefficient (Wildman–Crippen LogP) is 4.53. The van der Waals surface area contributed by atoms with Gasteiger partial charge in [0.25, 0.3) is 0 Å². The van der Waals surface area contributed by atoms with E-state index in [0.717, 1.165) is 40.0 Å². The molecule has 0 amide bonds. The summed E-state index contributed by atoms with van der Waals surface area (Å²) in [5.41, 5.74) is 34.1. The van der Waals surface area contributed by atoms with Crippen molar-refractivity contribution in [1.82, 2.24) is 0 Å². The molecule has 6 aromatic rings. The van der Waals surface area contributed by atoms with Gasteiger partial charge in [-0.15, -0.1) is 11.8 Å². The van der Waals surface area contributed by atoms with E-state index in [9.17, 15) is 51.4 Å². The highest BCUT2D eigenvalue weighted by molar-refractivity contribution is 7.98.